The van der Waals surface area contributed by atoms with Gasteiger partial charge in [0.05, 0.1) is 18.9 Å². The Morgan fingerprint density at radius 3 is 2.62 bits per heavy atom. The van der Waals surface area contributed by atoms with Crippen LogP contribution in [0.15, 0.2) is 49.2 Å². The van der Waals surface area contributed by atoms with Crippen LogP contribution in [0.5, 0.6) is 5.75 Å². The zero-order chi connectivity index (χ0) is 30.4. The lowest BCUT2D eigenvalue weighted by molar-refractivity contribution is 0.0934. The Morgan fingerprint density at radius 1 is 1.21 bits per heavy atom. The van der Waals surface area contributed by atoms with Crippen molar-refractivity contribution in [3.05, 3.63) is 60.5 Å². The summed E-state index contributed by atoms with van der Waals surface area (Å²) in [5.41, 5.74) is 3.30. The van der Waals surface area contributed by atoms with Gasteiger partial charge in [0.1, 0.15) is 34.0 Å². The van der Waals surface area contributed by atoms with Crippen LogP contribution < -0.4 is 20.4 Å². The molecule has 5 rings (SSSR count). The van der Waals surface area contributed by atoms with Gasteiger partial charge in [0.25, 0.3) is 12.3 Å². The van der Waals surface area contributed by atoms with Crippen LogP contribution in [0.25, 0.3) is 11.1 Å². The van der Waals surface area contributed by atoms with Gasteiger partial charge in [0.15, 0.2) is 0 Å². The molecular weight excluding hydrogens is 560 g/mol. The van der Waals surface area contributed by atoms with Gasteiger partial charge in [-0.3, -0.25) is 9.78 Å². The van der Waals surface area contributed by atoms with Crippen molar-refractivity contribution in [1.29, 1.82) is 0 Å². The molecule has 2 saturated heterocycles. The molecule has 9 nitrogen and oxygen atoms in total. The topological polar surface area (TPSA) is 85.9 Å². The summed E-state index contributed by atoms with van der Waals surface area (Å²) in [4.78, 5) is 26.1. The normalized spacial score (nSPS) is 21.1. The molecule has 1 amide bonds. The van der Waals surface area contributed by atoms with Crippen LogP contribution in [0, 0.1) is 17.8 Å². The van der Waals surface area contributed by atoms with Crippen molar-refractivity contribution in [1.82, 2.24) is 30.6 Å². The van der Waals surface area contributed by atoms with Crippen LogP contribution in [-0.2, 0) is 0 Å². The van der Waals surface area contributed by atoms with E-state index in [1.807, 2.05) is 48.7 Å². The summed E-state index contributed by atoms with van der Waals surface area (Å²) in [6.45, 7) is 11.1. The van der Waals surface area contributed by atoms with Gasteiger partial charge in [-0.15, -0.1) is 0 Å². The molecule has 2 atom stereocenters. The van der Waals surface area contributed by atoms with Gasteiger partial charge in [-0.25, -0.2) is 24.2 Å². The SMILES string of the molecule is C=CN1CCN(c2cc(-c3cc(C(F)F)ncc3OC)c(C(=O)NC3NN(C)C(C#CC4CC4)S3)cn2)/C1=C/C.CC. The Bertz CT molecular complexity index is 1390. The van der Waals surface area contributed by atoms with Crippen molar-refractivity contribution in [3.8, 4) is 28.7 Å². The summed E-state index contributed by atoms with van der Waals surface area (Å²) >= 11 is 1.48. The maximum atomic E-state index is 13.7. The predicted octanol–water partition coefficient (Wildman–Crippen LogP) is 5.18. The summed E-state index contributed by atoms with van der Waals surface area (Å²) in [5, 5.41) is 4.74. The summed E-state index contributed by atoms with van der Waals surface area (Å²) in [5.74, 6) is 8.29. The van der Waals surface area contributed by atoms with Crippen molar-refractivity contribution in [2.45, 2.75) is 50.9 Å². The van der Waals surface area contributed by atoms with Gasteiger partial charge in [-0.05, 0) is 44.2 Å². The molecule has 224 valence electrons. The molecule has 1 saturated carbocycles. The highest BCUT2D eigenvalue weighted by Gasteiger charge is 2.32. The lowest BCUT2D eigenvalue weighted by Gasteiger charge is -2.23. The number of carbonyl (C=O) groups is 1. The first-order chi connectivity index (χ1) is 20.3. The molecule has 2 aliphatic heterocycles. The zero-order valence-electron chi connectivity index (χ0n) is 24.5. The quantitative estimate of drug-likeness (QED) is 0.420. The fraction of sp³-hybridized carbons (Fsp3) is 0.433. The second-order valence-electron chi connectivity index (χ2n) is 9.52. The number of ether oxygens (including phenoxy) is 1. The van der Waals surface area contributed by atoms with Gasteiger partial charge < -0.3 is 19.9 Å². The average Bonchev–Trinajstić information content (AvgIpc) is 3.64. The fourth-order valence-electron chi connectivity index (χ4n) is 4.59. The van der Waals surface area contributed by atoms with Crippen LogP contribution >= 0.6 is 11.8 Å². The molecule has 4 heterocycles. The van der Waals surface area contributed by atoms with E-state index in [-0.39, 0.29) is 16.7 Å². The Balaban J connectivity index is 0.00000198. The second-order valence-corrected chi connectivity index (χ2v) is 10.7. The van der Waals surface area contributed by atoms with Crippen LogP contribution in [-0.4, -0.2) is 63.9 Å². The number of methoxy groups -OCH3 is 1. The summed E-state index contributed by atoms with van der Waals surface area (Å²) in [6, 6.07) is 2.99. The van der Waals surface area contributed by atoms with E-state index in [2.05, 4.69) is 39.1 Å². The molecule has 0 aromatic carbocycles. The number of halogens is 2. The molecule has 12 heteroatoms. The maximum Gasteiger partial charge on any atom is 0.280 e. The summed E-state index contributed by atoms with van der Waals surface area (Å²) in [7, 11) is 3.31. The molecule has 2 unspecified atom stereocenters. The summed E-state index contributed by atoms with van der Waals surface area (Å²) < 4.78 is 32.8. The van der Waals surface area contributed by atoms with Crippen molar-refractivity contribution >= 4 is 23.5 Å². The molecule has 3 fully saturated rings. The van der Waals surface area contributed by atoms with Gasteiger partial charge in [0.2, 0.25) is 0 Å². The number of anilines is 1. The van der Waals surface area contributed by atoms with Crippen LogP contribution in [0.2, 0.25) is 0 Å². The van der Waals surface area contributed by atoms with Crippen molar-refractivity contribution in [2.75, 3.05) is 32.1 Å². The number of pyridine rings is 2. The number of alkyl halides is 2. The largest absolute Gasteiger partial charge is 0.494 e. The number of amides is 1. The van der Waals surface area contributed by atoms with Gasteiger partial charge in [0, 0.05) is 43.4 Å². The maximum absolute atomic E-state index is 13.7. The van der Waals surface area contributed by atoms with Gasteiger partial charge in [-0.2, -0.15) is 0 Å². The Kier molecular flexibility index (Phi) is 10.4. The van der Waals surface area contributed by atoms with E-state index < -0.39 is 23.5 Å². The minimum absolute atomic E-state index is 0.109. The van der Waals surface area contributed by atoms with Crippen LogP contribution in [0.1, 0.15) is 56.1 Å². The Morgan fingerprint density at radius 2 is 1.98 bits per heavy atom. The molecule has 2 aromatic rings. The molecular formula is C30H37F2N7O2S. The lowest BCUT2D eigenvalue weighted by atomic mass is 10.00. The van der Waals surface area contributed by atoms with Crippen molar-refractivity contribution in [2.24, 2.45) is 5.92 Å². The first-order valence-corrected chi connectivity index (χ1v) is 14.9. The number of allylic oxidation sites excluding steroid dienone is 1. The first kappa shape index (κ1) is 31.3. The minimum atomic E-state index is -2.79. The molecule has 0 radical (unpaired) electrons. The lowest BCUT2D eigenvalue weighted by Crippen LogP contribution is -2.44. The van der Waals surface area contributed by atoms with E-state index in [1.165, 1.54) is 37.3 Å². The number of hydrogen-bond donors (Lipinski definition) is 2. The van der Waals surface area contributed by atoms with E-state index >= 15 is 0 Å². The zero-order valence-corrected chi connectivity index (χ0v) is 25.3. The third-order valence-corrected chi connectivity index (χ3v) is 8.02. The van der Waals surface area contributed by atoms with Crippen molar-refractivity contribution in [3.63, 3.8) is 0 Å². The predicted molar refractivity (Wildman–Crippen MR) is 162 cm³/mol. The smallest absolute Gasteiger partial charge is 0.280 e. The number of thioether (sulfide) groups is 1. The summed E-state index contributed by atoms with van der Waals surface area (Å²) in [6.07, 6.45) is 5.89. The number of aromatic nitrogens is 2. The highest BCUT2D eigenvalue weighted by Crippen LogP contribution is 2.37. The van der Waals surface area contributed by atoms with Gasteiger partial charge in [-0.1, -0.05) is 44.0 Å². The monoisotopic (exact) mass is 597 g/mol. The van der Waals surface area contributed by atoms with E-state index in [0.29, 0.717) is 36.0 Å². The second kappa shape index (κ2) is 14.0. The molecule has 2 N–H and O–H groups in total. The average molecular weight is 598 g/mol. The van der Waals surface area contributed by atoms with Crippen LogP contribution in [0.4, 0.5) is 14.6 Å². The number of hydrogen-bond acceptors (Lipinski definition) is 9. The first-order valence-electron chi connectivity index (χ1n) is 13.9. The fourth-order valence-corrected chi connectivity index (χ4v) is 5.63. The van der Waals surface area contributed by atoms with Crippen molar-refractivity contribution < 1.29 is 18.3 Å². The number of carbonyl (C=O) groups excluding carboxylic acids is 1. The molecule has 42 heavy (non-hydrogen) atoms. The van der Waals surface area contributed by atoms with E-state index in [1.54, 1.807) is 12.3 Å². The molecule has 0 spiro atoms. The Labute approximate surface area is 250 Å². The van der Waals surface area contributed by atoms with Gasteiger partial charge >= 0.3 is 0 Å². The Hall–Kier alpha value is -3.66. The highest BCUT2D eigenvalue weighted by atomic mass is 32.2. The number of hydrazine groups is 1. The molecule has 3 aliphatic rings. The number of rotatable bonds is 7. The molecule has 0 bridgehead atoms. The van der Waals surface area contributed by atoms with E-state index in [4.69, 9.17) is 4.74 Å². The van der Waals surface area contributed by atoms with E-state index in [0.717, 1.165) is 18.7 Å². The third-order valence-electron chi connectivity index (χ3n) is 6.83. The minimum Gasteiger partial charge on any atom is -0.494 e. The third kappa shape index (κ3) is 6.86. The van der Waals surface area contributed by atoms with Crippen LogP contribution in [0.3, 0.4) is 0 Å². The number of nitrogens with zero attached hydrogens (tertiary/aromatic N) is 5. The highest BCUT2D eigenvalue weighted by molar-refractivity contribution is 8.00. The number of nitrogens with one attached hydrogen (secondary N) is 2. The standard InChI is InChI=1S/C28H31F2N7O2S.C2H6/c1-5-24-36(6-2)11-12-37(24)23-14-18(19-13-21(26(29)30)31-16-22(19)39-4)20(15-32-23)27(38)33-28-34-35(3)25(40-28)10-9-17-7-8-17;1-2/h5-6,13-17,25-26,28,34H,2,7-8,11-12H2,1,3-4H3,(H,33,38);1-2H3/b24-5+;. The molecule has 1 aliphatic carbocycles. The van der Waals surface area contributed by atoms with E-state index in [9.17, 15) is 13.6 Å². The molecule has 2 aromatic heterocycles.